The molecule has 0 saturated carbocycles. The molecule has 0 aliphatic carbocycles. The highest BCUT2D eigenvalue weighted by molar-refractivity contribution is 7.89. The molecule has 0 aliphatic rings. The van der Waals surface area contributed by atoms with Crippen molar-refractivity contribution in [3.8, 4) is 11.5 Å². The van der Waals surface area contributed by atoms with E-state index in [2.05, 4.69) is 4.72 Å². The van der Waals surface area contributed by atoms with Crippen LogP contribution >= 0.6 is 0 Å². The molecule has 0 radical (unpaired) electrons. The van der Waals surface area contributed by atoms with Crippen molar-refractivity contribution in [3.05, 3.63) is 41.7 Å². The van der Waals surface area contributed by atoms with Crippen LogP contribution in [0.2, 0.25) is 0 Å². The molecular formula is C19H26N2O6S. The van der Waals surface area contributed by atoms with Crippen molar-refractivity contribution in [1.29, 1.82) is 0 Å². The van der Waals surface area contributed by atoms with Gasteiger partial charge in [-0.3, -0.25) is 4.79 Å². The zero-order valence-corrected chi connectivity index (χ0v) is 17.7. The Bertz CT molecular complexity index is 944. The van der Waals surface area contributed by atoms with Gasteiger partial charge in [0.1, 0.15) is 0 Å². The van der Waals surface area contributed by atoms with Crippen molar-refractivity contribution in [2.45, 2.75) is 37.9 Å². The highest BCUT2D eigenvalue weighted by Gasteiger charge is 2.27. The lowest BCUT2D eigenvalue weighted by atomic mass is 10.1. The summed E-state index contributed by atoms with van der Waals surface area (Å²) >= 11 is 0. The van der Waals surface area contributed by atoms with Gasteiger partial charge >= 0.3 is 0 Å². The molecule has 9 heteroatoms. The first-order valence-electron chi connectivity index (χ1n) is 8.57. The van der Waals surface area contributed by atoms with E-state index in [4.69, 9.17) is 13.9 Å². The molecule has 1 N–H and O–H groups in total. The van der Waals surface area contributed by atoms with E-state index in [9.17, 15) is 13.2 Å². The number of amides is 1. The zero-order valence-electron chi connectivity index (χ0n) is 16.9. The van der Waals surface area contributed by atoms with Gasteiger partial charge in [-0.05, 0) is 50.6 Å². The van der Waals surface area contributed by atoms with Crippen LogP contribution in [0.4, 0.5) is 0 Å². The number of ether oxygens (including phenoxy) is 2. The smallest absolute Gasteiger partial charge is 0.289 e. The molecule has 154 valence electrons. The molecule has 2 aromatic rings. The Morgan fingerprint density at radius 1 is 1.11 bits per heavy atom. The number of sulfonamides is 1. The Hall–Kier alpha value is -2.52. The number of furan rings is 1. The molecule has 1 heterocycles. The minimum absolute atomic E-state index is 0.0581. The Balaban J connectivity index is 2.15. The molecule has 0 aliphatic heterocycles. The van der Waals surface area contributed by atoms with Crippen LogP contribution in [0.3, 0.4) is 0 Å². The predicted molar refractivity (Wildman–Crippen MR) is 104 cm³/mol. The molecule has 2 rings (SSSR count). The van der Waals surface area contributed by atoms with Crippen LogP contribution in [0, 0.1) is 0 Å². The summed E-state index contributed by atoms with van der Waals surface area (Å²) in [4.78, 5) is 14.0. The first-order valence-corrected chi connectivity index (χ1v) is 10.1. The SMILES string of the molecule is COc1ccc(CN(C)C(=O)c2ccc(S(=O)(=O)NC(C)(C)C)o2)cc1OC. The summed E-state index contributed by atoms with van der Waals surface area (Å²) in [5.41, 5.74) is 0.155. The molecule has 0 saturated heterocycles. The van der Waals surface area contributed by atoms with Gasteiger partial charge in [-0.1, -0.05) is 6.07 Å². The summed E-state index contributed by atoms with van der Waals surface area (Å²) in [6.07, 6.45) is 0. The molecule has 1 aromatic heterocycles. The molecule has 0 bridgehead atoms. The van der Waals surface area contributed by atoms with Crippen molar-refractivity contribution < 1.29 is 27.1 Å². The Morgan fingerprint density at radius 2 is 1.75 bits per heavy atom. The fourth-order valence-electron chi connectivity index (χ4n) is 2.55. The average Bonchev–Trinajstić information content (AvgIpc) is 3.09. The molecular weight excluding hydrogens is 384 g/mol. The minimum atomic E-state index is -3.85. The molecule has 0 atom stereocenters. The van der Waals surface area contributed by atoms with Crippen LogP contribution < -0.4 is 14.2 Å². The second-order valence-electron chi connectivity index (χ2n) is 7.32. The fourth-order valence-corrected chi connectivity index (χ4v) is 3.90. The molecule has 0 spiro atoms. The summed E-state index contributed by atoms with van der Waals surface area (Å²) < 4.78 is 42.9. The van der Waals surface area contributed by atoms with Crippen molar-refractivity contribution in [2.24, 2.45) is 0 Å². The van der Waals surface area contributed by atoms with E-state index >= 15 is 0 Å². The van der Waals surface area contributed by atoms with Crippen LogP contribution in [-0.2, 0) is 16.6 Å². The van der Waals surface area contributed by atoms with Gasteiger partial charge in [0.15, 0.2) is 17.3 Å². The van der Waals surface area contributed by atoms with Gasteiger partial charge < -0.3 is 18.8 Å². The number of hydrogen-bond acceptors (Lipinski definition) is 6. The fraction of sp³-hybridized carbons (Fsp3) is 0.421. The van der Waals surface area contributed by atoms with E-state index < -0.39 is 21.5 Å². The van der Waals surface area contributed by atoms with Gasteiger partial charge in [0.05, 0.1) is 14.2 Å². The zero-order chi connectivity index (χ0) is 21.1. The van der Waals surface area contributed by atoms with E-state index in [1.165, 1.54) is 24.1 Å². The second-order valence-corrected chi connectivity index (χ2v) is 8.94. The largest absolute Gasteiger partial charge is 0.493 e. The quantitative estimate of drug-likeness (QED) is 0.754. The van der Waals surface area contributed by atoms with Crippen LogP contribution in [0.25, 0.3) is 0 Å². The van der Waals surface area contributed by atoms with E-state index in [0.29, 0.717) is 11.5 Å². The molecule has 1 aromatic carbocycles. The van der Waals surface area contributed by atoms with Gasteiger partial charge in [0, 0.05) is 19.1 Å². The third-order valence-electron chi connectivity index (χ3n) is 3.71. The van der Waals surface area contributed by atoms with Crippen LogP contribution in [-0.4, -0.2) is 46.0 Å². The monoisotopic (exact) mass is 410 g/mol. The van der Waals surface area contributed by atoms with E-state index in [1.54, 1.807) is 47.1 Å². The van der Waals surface area contributed by atoms with Gasteiger partial charge in [0.25, 0.3) is 15.9 Å². The normalized spacial score (nSPS) is 11.9. The van der Waals surface area contributed by atoms with E-state index in [0.717, 1.165) is 5.56 Å². The lowest BCUT2D eigenvalue weighted by molar-refractivity contribution is 0.0747. The maximum Gasteiger partial charge on any atom is 0.289 e. The van der Waals surface area contributed by atoms with Crippen LogP contribution in [0.1, 0.15) is 36.9 Å². The topological polar surface area (TPSA) is 98.1 Å². The molecule has 0 fully saturated rings. The third-order valence-corrected chi connectivity index (χ3v) is 5.34. The maximum absolute atomic E-state index is 12.6. The van der Waals surface area contributed by atoms with Gasteiger partial charge in [0.2, 0.25) is 5.09 Å². The second kappa shape index (κ2) is 8.24. The predicted octanol–water partition coefficient (Wildman–Crippen LogP) is 2.65. The van der Waals surface area contributed by atoms with Crippen molar-refractivity contribution in [3.63, 3.8) is 0 Å². The standard InChI is InChI=1S/C19H26N2O6S/c1-19(2,3)20-28(23,24)17-10-9-15(27-17)18(22)21(4)12-13-7-8-14(25-5)16(11-13)26-6/h7-11,20H,12H2,1-6H3. The van der Waals surface area contributed by atoms with Crippen molar-refractivity contribution in [1.82, 2.24) is 9.62 Å². The summed E-state index contributed by atoms with van der Waals surface area (Å²) in [7, 11) is 0.831. The number of benzene rings is 1. The lowest BCUT2D eigenvalue weighted by Gasteiger charge is -2.19. The number of rotatable bonds is 7. The first kappa shape index (κ1) is 21.8. The summed E-state index contributed by atoms with van der Waals surface area (Å²) in [5.74, 6) is 0.650. The summed E-state index contributed by atoms with van der Waals surface area (Å²) in [6, 6.07) is 7.96. The van der Waals surface area contributed by atoms with E-state index in [1.807, 2.05) is 6.07 Å². The molecule has 0 unspecified atom stereocenters. The van der Waals surface area contributed by atoms with Gasteiger partial charge in [-0.25, -0.2) is 13.1 Å². The number of nitrogens with zero attached hydrogens (tertiary/aromatic N) is 1. The number of carbonyl (C=O) groups excluding carboxylic acids is 1. The molecule has 8 nitrogen and oxygen atoms in total. The number of nitrogens with one attached hydrogen (secondary N) is 1. The lowest BCUT2D eigenvalue weighted by Crippen LogP contribution is -2.40. The Labute approximate surface area is 165 Å². The first-order chi connectivity index (χ1) is 13.0. The Kier molecular flexibility index (Phi) is 6.41. The average molecular weight is 410 g/mol. The Morgan fingerprint density at radius 3 is 2.32 bits per heavy atom. The van der Waals surface area contributed by atoms with Crippen molar-refractivity contribution >= 4 is 15.9 Å². The molecule has 1 amide bonds. The third kappa shape index (κ3) is 5.26. The van der Waals surface area contributed by atoms with Crippen LogP contribution in [0.15, 0.2) is 39.8 Å². The van der Waals surface area contributed by atoms with Crippen molar-refractivity contribution in [2.75, 3.05) is 21.3 Å². The number of methoxy groups -OCH3 is 2. The highest BCUT2D eigenvalue weighted by Crippen LogP contribution is 2.28. The minimum Gasteiger partial charge on any atom is -0.493 e. The summed E-state index contributed by atoms with van der Waals surface area (Å²) in [5, 5.41) is -0.301. The molecule has 28 heavy (non-hydrogen) atoms. The van der Waals surface area contributed by atoms with Gasteiger partial charge in [-0.15, -0.1) is 0 Å². The van der Waals surface area contributed by atoms with Crippen LogP contribution in [0.5, 0.6) is 11.5 Å². The number of carbonyl (C=O) groups is 1. The number of hydrogen-bond donors (Lipinski definition) is 1. The highest BCUT2D eigenvalue weighted by atomic mass is 32.2. The van der Waals surface area contributed by atoms with E-state index in [-0.39, 0.29) is 17.4 Å². The van der Waals surface area contributed by atoms with Gasteiger partial charge in [-0.2, -0.15) is 0 Å². The summed E-state index contributed by atoms with van der Waals surface area (Å²) in [6.45, 7) is 5.44. The maximum atomic E-state index is 12.6.